The Hall–Kier alpha value is -2.30. The number of aromatic amines is 1. The molecular weight excluding hydrogens is 302 g/mol. The molecule has 1 saturated heterocycles. The minimum Gasteiger partial charge on any atom is -0.361 e. The molecule has 2 amide bonds. The highest BCUT2D eigenvalue weighted by molar-refractivity contribution is 5.89. The van der Waals surface area contributed by atoms with Crippen LogP contribution in [0.4, 0.5) is 0 Å². The van der Waals surface area contributed by atoms with Gasteiger partial charge in [0, 0.05) is 42.1 Å². The first kappa shape index (κ1) is 15.2. The molecule has 1 aliphatic carbocycles. The molecule has 1 aromatic heterocycles. The topological polar surface area (TPSA) is 65.2 Å². The predicted molar refractivity (Wildman–Crippen MR) is 92.5 cm³/mol. The molecule has 126 valence electrons. The van der Waals surface area contributed by atoms with Crippen molar-refractivity contribution in [2.75, 3.05) is 13.1 Å². The Bertz CT molecular complexity index is 755. The number of hydrogen-bond acceptors (Lipinski definition) is 2. The average Bonchev–Trinajstić information content (AvgIpc) is 3.38. The Balaban J connectivity index is 1.30. The van der Waals surface area contributed by atoms with Crippen molar-refractivity contribution in [3.05, 3.63) is 36.0 Å². The number of benzene rings is 1. The first-order valence-corrected chi connectivity index (χ1v) is 8.84. The number of amides is 2. The summed E-state index contributed by atoms with van der Waals surface area (Å²) in [6, 6.07) is 8.22. The zero-order valence-corrected chi connectivity index (χ0v) is 13.8. The van der Waals surface area contributed by atoms with Crippen LogP contribution >= 0.6 is 0 Å². The lowest BCUT2D eigenvalue weighted by Crippen LogP contribution is -2.47. The molecule has 5 heteroatoms. The molecule has 0 atom stereocenters. The molecule has 1 aliphatic heterocycles. The molecular formula is C19H23N3O2. The van der Waals surface area contributed by atoms with Gasteiger partial charge in [0.2, 0.25) is 11.8 Å². The van der Waals surface area contributed by atoms with E-state index in [0.717, 1.165) is 55.2 Å². The van der Waals surface area contributed by atoms with E-state index < -0.39 is 0 Å². The van der Waals surface area contributed by atoms with Crippen LogP contribution in [0, 0.1) is 5.92 Å². The molecule has 0 unspecified atom stereocenters. The minimum atomic E-state index is 0.0618. The second-order valence-electron chi connectivity index (χ2n) is 6.98. The van der Waals surface area contributed by atoms with E-state index >= 15 is 0 Å². The zero-order valence-electron chi connectivity index (χ0n) is 13.8. The van der Waals surface area contributed by atoms with E-state index in [0.29, 0.717) is 12.3 Å². The Morgan fingerprint density at radius 3 is 2.62 bits per heavy atom. The lowest BCUT2D eigenvalue weighted by atomic mass is 10.0. The van der Waals surface area contributed by atoms with E-state index in [1.54, 1.807) is 0 Å². The first-order chi connectivity index (χ1) is 11.7. The van der Waals surface area contributed by atoms with Crippen LogP contribution in [0.25, 0.3) is 10.9 Å². The number of nitrogens with one attached hydrogen (secondary N) is 2. The highest BCUT2D eigenvalue weighted by atomic mass is 16.2. The summed E-state index contributed by atoms with van der Waals surface area (Å²) in [5, 5.41) is 4.24. The van der Waals surface area contributed by atoms with Crippen LogP contribution < -0.4 is 5.32 Å². The van der Waals surface area contributed by atoms with Gasteiger partial charge in [-0.25, -0.2) is 0 Å². The van der Waals surface area contributed by atoms with E-state index in [1.165, 1.54) is 0 Å². The number of H-pyrrole nitrogens is 1. The van der Waals surface area contributed by atoms with Crippen LogP contribution in [-0.2, 0) is 16.0 Å². The van der Waals surface area contributed by atoms with Gasteiger partial charge in [-0.2, -0.15) is 0 Å². The molecule has 2 aliphatic rings. The number of carbonyl (C=O) groups is 2. The lowest BCUT2D eigenvalue weighted by Gasteiger charge is -2.32. The van der Waals surface area contributed by atoms with Crippen molar-refractivity contribution in [1.82, 2.24) is 15.2 Å². The molecule has 2 fully saturated rings. The van der Waals surface area contributed by atoms with Crippen LogP contribution in [-0.4, -0.2) is 40.8 Å². The highest BCUT2D eigenvalue weighted by Gasteiger charge is 2.35. The number of piperidine rings is 1. The van der Waals surface area contributed by atoms with Gasteiger partial charge in [0.05, 0.1) is 6.42 Å². The largest absolute Gasteiger partial charge is 0.361 e. The third-order valence-electron chi connectivity index (χ3n) is 5.12. The van der Waals surface area contributed by atoms with Gasteiger partial charge < -0.3 is 15.2 Å². The molecule has 1 saturated carbocycles. The Labute approximate surface area is 141 Å². The van der Waals surface area contributed by atoms with Crippen molar-refractivity contribution in [2.45, 2.75) is 38.1 Å². The van der Waals surface area contributed by atoms with Gasteiger partial charge in [0.25, 0.3) is 0 Å². The van der Waals surface area contributed by atoms with Gasteiger partial charge in [0.15, 0.2) is 0 Å². The number of nitrogens with zero attached hydrogens (tertiary/aromatic N) is 1. The molecule has 1 aromatic carbocycles. The first-order valence-electron chi connectivity index (χ1n) is 8.84. The van der Waals surface area contributed by atoms with E-state index in [-0.39, 0.29) is 17.9 Å². The van der Waals surface area contributed by atoms with Gasteiger partial charge in [0.1, 0.15) is 0 Å². The van der Waals surface area contributed by atoms with Crippen molar-refractivity contribution in [3.8, 4) is 0 Å². The van der Waals surface area contributed by atoms with Crippen LogP contribution in [0.5, 0.6) is 0 Å². The van der Waals surface area contributed by atoms with Crippen LogP contribution in [0.1, 0.15) is 31.2 Å². The SMILES string of the molecule is O=C(Cc1c[nH]c2ccccc12)NC1CCN(C(=O)C2CC2)CC1. The van der Waals surface area contributed by atoms with Crippen molar-refractivity contribution < 1.29 is 9.59 Å². The third kappa shape index (κ3) is 3.16. The fourth-order valence-corrected chi connectivity index (χ4v) is 3.56. The third-order valence-corrected chi connectivity index (χ3v) is 5.12. The summed E-state index contributed by atoms with van der Waals surface area (Å²) < 4.78 is 0. The number of rotatable bonds is 4. The van der Waals surface area contributed by atoms with Crippen molar-refractivity contribution in [2.24, 2.45) is 5.92 Å². The summed E-state index contributed by atoms with van der Waals surface area (Å²) >= 11 is 0. The molecule has 0 spiro atoms. The monoisotopic (exact) mass is 325 g/mol. The minimum absolute atomic E-state index is 0.0618. The number of hydrogen-bond donors (Lipinski definition) is 2. The van der Waals surface area contributed by atoms with Crippen LogP contribution in [0.15, 0.2) is 30.5 Å². The summed E-state index contributed by atoms with van der Waals surface area (Å²) in [4.78, 5) is 29.6. The maximum absolute atomic E-state index is 12.4. The Morgan fingerprint density at radius 2 is 1.88 bits per heavy atom. The molecule has 2 N–H and O–H groups in total. The summed E-state index contributed by atoms with van der Waals surface area (Å²) in [5.74, 6) is 0.670. The number of aromatic nitrogens is 1. The summed E-state index contributed by atoms with van der Waals surface area (Å²) in [7, 11) is 0. The molecule has 24 heavy (non-hydrogen) atoms. The molecule has 0 bridgehead atoms. The van der Waals surface area contributed by atoms with E-state index in [4.69, 9.17) is 0 Å². The second-order valence-corrected chi connectivity index (χ2v) is 6.98. The zero-order chi connectivity index (χ0) is 16.5. The fraction of sp³-hybridized carbons (Fsp3) is 0.474. The van der Waals surface area contributed by atoms with Crippen LogP contribution in [0.2, 0.25) is 0 Å². The van der Waals surface area contributed by atoms with E-state index in [2.05, 4.69) is 10.3 Å². The van der Waals surface area contributed by atoms with Gasteiger partial charge in [-0.1, -0.05) is 18.2 Å². The van der Waals surface area contributed by atoms with Gasteiger partial charge >= 0.3 is 0 Å². The average molecular weight is 325 g/mol. The predicted octanol–water partition coefficient (Wildman–Crippen LogP) is 2.23. The summed E-state index contributed by atoms with van der Waals surface area (Å²) in [5.41, 5.74) is 2.09. The maximum Gasteiger partial charge on any atom is 0.225 e. The molecule has 0 radical (unpaired) electrons. The van der Waals surface area contributed by atoms with Crippen molar-refractivity contribution in [3.63, 3.8) is 0 Å². The number of likely N-dealkylation sites (tertiary alicyclic amines) is 1. The van der Waals surface area contributed by atoms with Gasteiger partial charge in [-0.05, 0) is 37.3 Å². The van der Waals surface area contributed by atoms with Gasteiger partial charge in [-0.3, -0.25) is 9.59 Å². The maximum atomic E-state index is 12.4. The number of carbonyl (C=O) groups excluding carboxylic acids is 2. The second kappa shape index (κ2) is 6.30. The van der Waals surface area contributed by atoms with Crippen LogP contribution in [0.3, 0.4) is 0 Å². The standard InChI is InChI=1S/C19H23N3O2/c23-18(11-14-12-20-17-4-2-1-3-16(14)17)21-15-7-9-22(10-8-15)19(24)13-5-6-13/h1-4,12-13,15,20H,5-11H2,(H,21,23). The van der Waals surface area contributed by atoms with E-state index in [1.807, 2.05) is 35.4 Å². The quantitative estimate of drug-likeness (QED) is 0.905. The Morgan fingerprint density at radius 1 is 1.12 bits per heavy atom. The number of para-hydroxylation sites is 1. The van der Waals surface area contributed by atoms with Crippen molar-refractivity contribution in [1.29, 1.82) is 0 Å². The fourth-order valence-electron chi connectivity index (χ4n) is 3.56. The smallest absolute Gasteiger partial charge is 0.225 e. The van der Waals surface area contributed by atoms with Gasteiger partial charge in [-0.15, -0.1) is 0 Å². The molecule has 5 nitrogen and oxygen atoms in total. The lowest BCUT2D eigenvalue weighted by molar-refractivity contribution is -0.133. The Kier molecular flexibility index (Phi) is 4.00. The van der Waals surface area contributed by atoms with E-state index in [9.17, 15) is 9.59 Å². The molecule has 2 heterocycles. The highest BCUT2D eigenvalue weighted by Crippen LogP contribution is 2.31. The number of fused-ring (bicyclic) bond motifs is 1. The summed E-state index contributed by atoms with van der Waals surface area (Å²) in [6.45, 7) is 1.54. The molecule has 2 aromatic rings. The normalized spacial score (nSPS) is 18.8. The summed E-state index contributed by atoms with van der Waals surface area (Å²) in [6.07, 6.45) is 6.14. The molecule has 4 rings (SSSR count). The van der Waals surface area contributed by atoms with Crippen molar-refractivity contribution >= 4 is 22.7 Å².